The number of methoxy groups -OCH3 is 1. The molecule has 0 aromatic carbocycles. The van der Waals surface area contributed by atoms with E-state index in [4.69, 9.17) is 10.00 Å². The molecule has 2 rings (SSSR count). The number of nitrogens with one attached hydrogen (secondary N) is 1. The van der Waals surface area contributed by atoms with Gasteiger partial charge in [-0.1, -0.05) is 0 Å². The Labute approximate surface area is 143 Å². The molecule has 1 fully saturated rings. The highest BCUT2D eigenvalue weighted by Crippen LogP contribution is 2.03. The quantitative estimate of drug-likeness (QED) is 0.247. The molecule has 1 aromatic heterocycles. The van der Waals surface area contributed by atoms with E-state index >= 15 is 0 Å². The Balaban J connectivity index is 1.71. The van der Waals surface area contributed by atoms with Crippen molar-refractivity contribution in [2.45, 2.75) is 6.42 Å². The fourth-order valence-corrected chi connectivity index (χ4v) is 2.71. The minimum atomic E-state index is 0.615. The van der Waals surface area contributed by atoms with E-state index in [-0.39, 0.29) is 0 Å². The first-order valence-corrected chi connectivity index (χ1v) is 8.37. The predicted octanol–water partition coefficient (Wildman–Crippen LogP) is 0.553. The summed E-state index contributed by atoms with van der Waals surface area (Å²) < 4.78 is 5.13. The molecule has 24 heavy (non-hydrogen) atoms. The number of nitrogens with zero attached hydrogens (tertiary/aromatic N) is 5. The molecule has 0 aliphatic carbocycles. The Morgan fingerprint density at radius 2 is 1.92 bits per heavy atom. The highest BCUT2D eigenvalue weighted by molar-refractivity contribution is 5.99. The summed E-state index contributed by atoms with van der Waals surface area (Å²) in [5, 5.41) is 11.5. The van der Waals surface area contributed by atoms with Crippen LogP contribution in [0.5, 0.6) is 0 Å². The topological polar surface area (TPSA) is 76.8 Å². The van der Waals surface area contributed by atoms with Crippen molar-refractivity contribution in [2.24, 2.45) is 4.99 Å². The monoisotopic (exact) mass is 330 g/mol. The number of amidine groups is 1. The normalized spacial score (nSPS) is 16.8. The molecule has 0 unspecified atom stereocenters. The molecule has 130 valence electrons. The lowest BCUT2D eigenvalue weighted by Gasteiger charge is -2.34. The van der Waals surface area contributed by atoms with E-state index in [9.17, 15) is 0 Å². The van der Waals surface area contributed by atoms with Crippen LogP contribution >= 0.6 is 0 Å². The highest BCUT2D eigenvalue weighted by atomic mass is 16.5. The highest BCUT2D eigenvalue weighted by Gasteiger charge is 2.15. The number of aromatic nitrogens is 1. The predicted molar refractivity (Wildman–Crippen MR) is 93.8 cm³/mol. The van der Waals surface area contributed by atoms with E-state index in [2.05, 4.69) is 25.1 Å². The van der Waals surface area contributed by atoms with Crippen LogP contribution in [0.4, 0.5) is 0 Å². The molecule has 0 radical (unpaired) electrons. The van der Waals surface area contributed by atoms with E-state index in [0.29, 0.717) is 12.4 Å². The maximum Gasteiger partial charge on any atom is 0.182 e. The average Bonchev–Trinajstić information content (AvgIpc) is 2.64. The Bertz CT molecular complexity index is 534. The summed E-state index contributed by atoms with van der Waals surface area (Å²) in [5.74, 6) is 0.615. The molecule has 7 nitrogen and oxygen atoms in total. The van der Waals surface area contributed by atoms with Gasteiger partial charge in [-0.2, -0.15) is 5.26 Å². The second kappa shape index (κ2) is 10.7. The Kier molecular flexibility index (Phi) is 8.18. The molecule has 7 heteroatoms. The summed E-state index contributed by atoms with van der Waals surface area (Å²) in [4.78, 5) is 13.4. The molecule has 0 spiro atoms. The zero-order chi connectivity index (χ0) is 17.0. The van der Waals surface area contributed by atoms with Crippen LogP contribution in [0.3, 0.4) is 0 Å². The van der Waals surface area contributed by atoms with Gasteiger partial charge in [-0.15, -0.1) is 0 Å². The van der Waals surface area contributed by atoms with Crippen molar-refractivity contribution < 1.29 is 4.74 Å². The van der Waals surface area contributed by atoms with Crippen LogP contribution in [0.2, 0.25) is 0 Å². The second-order valence-electron chi connectivity index (χ2n) is 5.73. The van der Waals surface area contributed by atoms with Gasteiger partial charge in [0, 0.05) is 64.3 Å². The van der Waals surface area contributed by atoms with E-state index in [0.717, 1.165) is 57.9 Å². The fraction of sp³-hybridized carbons (Fsp3) is 0.588. The standard InChI is InChI=1S/C17H26N6O/c1-24-14-13-23-11-9-22(10-12-23)8-2-5-20-17(21-15-18)16-3-6-19-7-4-16/h3-4,6-7H,2,5,8-14H2,1H3,(H,20,21). The van der Waals surface area contributed by atoms with Gasteiger partial charge in [0.25, 0.3) is 0 Å². The van der Waals surface area contributed by atoms with Gasteiger partial charge in [0.2, 0.25) is 0 Å². The maximum absolute atomic E-state index is 8.87. The number of hydrogen-bond acceptors (Lipinski definition) is 6. The zero-order valence-electron chi connectivity index (χ0n) is 14.3. The van der Waals surface area contributed by atoms with Gasteiger partial charge in [-0.25, -0.2) is 0 Å². The largest absolute Gasteiger partial charge is 0.383 e. The third kappa shape index (κ3) is 6.24. The molecular weight excluding hydrogens is 304 g/mol. The molecule has 0 atom stereocenters. The van der Waals surface area contributed by atoms with Crippen LogP contribution in [0.15, 0.2) is 29.5 Å². The fourth-order valence-electron chi connectivity index (χ4n) is 2.71. The minimum Gasteiger partial charge on any atom is -0.383 e. The van der Waals surface area contributed by atoms with Crippen LogP contribution in [-0.4, -0.2) is 80.1 Å². The van der Waals surface area contributed by atoms with Crippen LogP contribution in [-0.2, 0) is 4.74 Å². The second-order valence-corrected chi connectivity index (χ2v) is 5.73. The summed E-state index contributed by atoms with van der Waals surface area (Å²) >= 11 is 0. The molecule has 0 bridgehead atoms. The molecule has 1 aromatic rings. The van der Waals surface area contributed by atoms with Gasteiger partial charge in [0.05, 0.1) is 6.61 Å². The van der Waals surface area contributed by atoms with Crippen molar-refractivity contribution >= 4 is 5.84 Å². The molecule has 2 heterocycles. The van der Waals surface area contributed by atoms with Gasteiger partial charge in [0.1, 0.15) is 5.84 Å². The zero-order valence-corrected chi connectivity index (χ0v) is 14.3. The van der Waals surface area contributed by atoms with E-state index in [1.165, 1.54) is 0 Å². The molecular formula is C17H26N6O. The third-order valence-electron chi connectivity index (χ3n) is 4.11. The third-order valence-corrected chi connectivity index (χ3v) is 4.11. The van der Waals surface area contributed by atoms with Gasteiger partial charge in [-0.05, 0) is 25.1 Å². The lowest BCUT2D eigenvalue weighted by atomic mass is 10.2. The first-order valence-electron chi connectivity index (χ1n) is 8.37. The Morgan fingerprint density at radius 3 is 2.54 bits per heavy atom. The van der Waals surface area contributed by atoms with Gasteiger partial charge >= 0.3 is 0 Å². The van der Waals surface area contributed by atoms with Gasteiger partial charge in [-0.3, -0.25) is 20.2 Å². The summed E-state index contributed by atoms with van der Waals surface area (Å²) in [6, 6.07) is 3.70. The van der Waals surface area contributed by atoms with E-state index in [1.807, 2.05) is 18.3 Å². The smallest absolute Gasteiger partial charge is 0.182 e. The first-order chi connectivity index (χ1) is 11.8. The van der Waals surface area contributed by atoms with Crippen molar-refractivity contribution in [3.05, 3.63) is 30.1 Å². The molecule has 1 saturated heterocycles. The number of aliphatic imine (C=N–C) groups is 1. The van der Waals surface area contributed by atoms with Crippen LogP contribution in [0.1, 0.15) is 12.0 Å². The van der Waals surface area contributed by atoms with Gasteiger partial charge < -0.3 is 9.64 Å². The molecule has 1 aliphatic heterocycles. The average molecular weight is 330 g/mol. The number of piperazine rings is 1. The Hall–Kier alpha value is -2.01. The van der Waals surface area contributed by atoms with Crippen molar-refractivity contribution in [1.29, 1.82) is 5.26 Å². The molecule has 1 N–H and O–H groups in total. The summed E-state index contributed by atoms with van der Waals surface area (Å²) in [7, 11) is 1.75. The summed E-state index contributed by atoms with van der Waals surface area (Å²) in [6.07, 6.45) is 6.34. The van der Waals surface area contributed by atoms with Crippen LogP contribution < -0.4 is 5.32 Å². The number of hydrogen-bond donors (Lipinski definition) is 1. The Morgan fingerprint density at radius 1 is 1.25 bits per heavy atom. The summed E-state index contributed by atoms with van der Waals surface area (Å²) in [5.41, 5.74) is 0.887. The number of ether oxygens (including phenoxy) is 1. The maximum atomic E-state index is 8.87. The minimum absolute atomic E-state index is 0.615. The van der Waals surface area contributed by atoms with E-state index in [1.54, 1.807) is 19.5 Å². The number of rotatable bonds is 8. The van der Waals surface area contributed by atoms with Crippen molar-refractivity contribution in [2.75, 3.05) is 59.5 Å². The SMILES string of the molecule is COCCN1CCN(CCCN=C(NC#N)c2ccncc2)CC1. The van der Waals surface area contributed by atoms with Crippen molar-refractivity contribution in [3.63, 3.8) is 0 Å². The van der Waals surface area contributed by atoms with E-state index < -0.39 is 0 Å². The molecule has 0 amide bonds. The molecule has 1 aliphatic rings. The van der Waals surface area contributed by atoms with Crippen molar-refractivity contribution in [1.82, 2.24) is 20.1 Å². The first kappa shape index (κ1) is 18.3. The number of pyridine rings is 1. The van der Waals surface area contributed by atoms with Gasteiger partial charge in [0.15, 0.2) is 6.19 Å². The lowest BCUT2D eigenvalue weighted by molar-refractivity contribution is 0.0968. The van der Waals surface area contributed by atoms with Crippen LogP contribution in [0, 0.1) is 11.5 Å². The number of nitriles is 1. The van der Waals surface area contributed by atoms with Crippen LogP contribution in [0.25, 0.3) is 0 Å². The summed E-state index contributed by atoms with van der Waals surface area (Å²) in [6.45, 7) is 7.97. The molecule has 0 saturated carbocycles. The van der Waals surface area contributed by atoms with Crippen molar-refractivity contribution in [3.8, 4) is 6.19 Å². The lowest BCUT2D eigenvalue weighted by Crippen LogP contribution is -2.47.